The summed E-state index contributed by atoms with van der Waals surface area (Å²) in [6, 6.07) is 10.9. The predicted octanol–water partition coefficient (Wildman–Crippen LogP) is 5.50. The summed E-state index contributed by atoms with van der Waals surface area (Å²) in [5.74, 6) is 0. The van der Waals surface area contributed by atoms with Gasteiger partial charge in [0.05, 0.1) is 0 Å². The monoisotopic (exact) mass is 302 g/mol. The molecule has 2 heteroatoms. The maximum atomic E-state index is 4.08. The van der Waals surface area contributed by atoms with E-state index in [1.165, 1.54) is 37.1 Å². The molecule has 0 amide bonds. The van der Waals surface area contributed by atoms with Gasteiger partial charge in [0.2, 0.25) is 0 Å². The van der Waals surface area contributed by atoms with Crippen molar-refractivity contribution < 1.29 is 0 Å². The summed E-state index contributed by atoms with van der Waals surface area (Å²) in [5, 5.41) is -1.64. The molecule has 0 saturated heterocycles. The average molecular weight is 303 g/mol. The van der Waals surface area contributed by atoms with E-state index in [0.29, 0.717) is 0 Å². The van der Waals surface area contributed by atoms with Crippen LogP contribution in [0.4, 0.5) is 0 Å². The van der Waals surface area contributed by atoms with Gasteiger partial charge in [0.25, 0.3) is 0 Å². The third-order valence-corrected chi connectivity index (χ3v) is 7.82. The van der Waals surface area contributed by atoms with Gasteiger partial charge in [-0.1, -0.05) is 0 Å². The fraction of sp³-hybridized carbons (Fsp3) is 0.571. The zero-order chi connectivity index (χ0) is 12.1. The van der Waals surface area contributed by atoms with E-state index in [1.807, 2.05) is 0 Å². The number of halogens is 1. The summed E-state index contributed by atoms with van der Waals surface area (Å²) < 4.78 is 0. The van der Waals surface area contributed by atoms with Crippen LogP contribution in [0.2, 0.25) is 0 Å². The molecule has 0 saturated carbocycles. The third kappa shape index (κ3) is 5.46. The minimum absolute atomic E-state index is 1.22. The molecule has 0 radical (unpaired) electrons. The van der Waals surface area contributed by atoms with Crippen LogP contribution in [0.3, 0.4) is 0 Å². The Morgan fingerprint density at radius 2 is 1.69 bits per heavy atom. The summed E-state index contributed by atoms with van der Waals surface area (Å²) in [7, 11) is 0. The van der Waals surface area contributed by atoms with E-state index in [-0.39, 0.29) is 0 Å². The first-order valence-corrected chi connectivity index (χ1v) is 11.7. The van der Waals surface area contributed by atoms with Crippen molar-refractivity contribution in [2.24, 2.45) is 0 Å². The molecule has 16 heavy (non-hydrogen) atoms. The van der Waals surface area contributed by atoms with Crippen LogP contribution in [0.1, 0.15) is 31.7 Å². The Morgan fingerprint density at radius 1 is 1.06 bits per heavy atom. The Balaban J connectivity index is 2.61. The van der Waals surface area contributed by atoms with Crippen molar-refractivity contribution in [2.45, 2.75) is 32.3 Å². The van der Waals surface area contributed by atoms with Gasteiger partial charge in [-0.3, -0.25) is 0 Å². The second kappa shape index (κ2) is 5.65. The second-order valence-electron chi connectivity index (χ2n) is 5.59. The van der Waals surface area contributed by atoms with Crippen LogP contribution in [0.5, 0.6) is 0 Å². The summed E-state index contributed by atoms with van der Waals surface area (Å²) in [6.07, 6.45) is 6.61. The van der Waals surface area contributed by atoms with Crippen molar-refractivity contribution in [1.29, 1.82) is 0 Å². The van der Waals surface area contributed by atoms with Crippen molar-refractivity contribution in [3.63, 3.8) is 0 Å². The van der Waals surface area contributed by atoms with Crippen molar-refractivity contribution in [1.82, 2.24) is 0 Å². The topological polar surface area (TPSA) is 0 Å². The van der Waals surface area contributed by atoms with Crippen LogP contribution in [-0.2, 0) is 6.16 Å². The van der Waals surface area contributed by atoms with Crippen molar-refractivity contribution in [2.75, 3.05) is 19.5 Å². The molecule has 0 aliphatic carbocycles. The summed E-state index contributed by atoms with van der Waals surface area (Å²) in [6.45, 7) is 7.17. The Bertz CT molecular complexity index is 311. The molecule has 0 fully saturated rings. The fourth-order valence-electron chi connectivity index (χ4n) is 2.08. The predicted molar refractivity (Wildman–Crippen MR) is 82.2 cm³/mol. The van der Waals surface area contributed by atoms with Crippen LogP contribution in [0.25, 0.3) is 0 Å². The molecule has 1 aromatic carbocycles. The zero-order valence-electron chi connectivity index (χ0n) is 10.7. The number of hydrogen-bond acceptors (Lipinski definition) is 0. The molecule has 1 aromatic rings. The van der Waals surface area contributed by atoms with E-state index in [1.54, 1.807) is 0 Å². The molecule has 0 aromatic heterocycles. The molecule has 1 rings (SSSR count). The molecule has 0 aliphatic heterocycles. The quantitative estimate of drug-likeness (QED) is 0.481. The fourth-order valence-corrected chi connectivity index (χ4v) is 6.39. The summed E-state index contributed by atoms with van der Waals surface area (Å²) in [4.78, 5) is 0. The van der Waals surface area contributed by atoms with Crippen molar-refractivity contribution in [3.8, 4) is 0 Å². The number of rotatable bonds is 6. The molecule has 0 unspecified atom stereocenters. The average Bonchev–Trinajstić information content (AvgIpc) is 2.17. The summed E-state index contributed by atoms with van der Waals surface area (Å²) >= 11 is 4.08. The van der Waals surface area contributed by atoms with E-state index in [4.69, 9.17) is 0 Å². The molecule has 0 atom stereocenters. The first-order valence-electron chi connectivity index (χ1n) is 6.17. The van der Waals surface area contributed by atoms with Crippen LogP contribution in [0.15, 0.2) is 30.3 Å². The van der Waals surface area contributed by atoms with Crippen LogP contribution in [0, 0.1) is 0 Å². The van der Waals surface area contributed by atoms with Crippen molar-refractivity contribution >= 4 is 20.8 Å². The Hall–Kier alpha value is 0.130. The summed E-state index contributed by atoms with van der Waals surface area (Å²) in [5.41, 5.74) is 1.47. The van der Waals surface area contributed by atoms with E-state index >= 15 is 0 Å². The molecule has 0 N–H and O–H groups in total. The molecule has 0 aliphatic rings. The SMILES string of the molecule is CCCCCP(C)(C)(Br)Cc1ccccc1. The van der Waals surface area contributed by atoms with Gasteiger partial charge in [-0.05, 0) is 0 Å². The number of benzene rings is 1. The van der Waals surface area contributed by atoms with Gasteiger partial charge in [-0.25, -0.2) is 0 Å². The Kier molecular flexibility index (Phi) is 5.01. The maximum absolute atomic E-state index is 4.08. The first kappa shape index (κ1) is 14.2. The van der Waals surface area contributed by atoms with Gasteiger partial charge < -0.3 is 0 Å². The van der Waals surface area contributed by atoms with E-state index in [9.17, 15) is 0 Å². The molecular weight excluding hydrogens is 279 g/mol. The molecule has 0 spiro atoms. The van der Waals surface area contributed by atoms with E-state index in [0.717, 1.165) is 0 Å². The third-order valence-electron chi connectivity index (χ3n) is 2.96. The zero-order valence-corrected chi connectivity index (χ0v) is 13.2. The van der Waals surface area contributed by atoms with Crippen LogP contribution in [-0.4, -0.2) is 19.5 Å². The normalized spacial score (nSPS) is 14.4. The molecule has 0 bridgehead atoms. The van der Waals surface area contributed by atoms with Gasteiger partial charge in [-0.2, -0.15) is 0 Å². The van der Waals surface area contributed by atoms with Gasteiger partial charge in [-0.15, -0.1) is 0 Å². The van der Waals surface area contributed by atoms with E-state index < -0.39 is 5.31 Å². The van der Waals surface area contributed by atoms with Gasteiger partial charge >= 0.3 is 109 Å². The van der Waals surface area contributed by atoms with Crippen LogP contribution < -0.4 is 0 Å². The number of hydrogen-bond donors (Lipinski definition) is 0. The van der Waals surface area contributed by atoms with E-state index in [2.05, 4.69) is 66.1 Å². The number of unbranched alkanes of at least 4 members (excludes halogenated alkanes) is 2. The van der Waals surface area contributed by atoms with Gasteiger partial charge in [0.1, 0.15) is 0 Å². The van der Waals surface area contributed by atoms with Crippen molar-refractivity contribution in [3.05, 3.63) is 35.9 Å². The standard InChI is InChI=1S/C14H24BrP/c1-4-5-9-12-16(2,3,15)13-14-10-7-6-8-11-14/h6-8,10-11H,4-5,9,12-13H2,1-3H3. The Morgan fingerprint density at radius 3 is 2.25 bits per heavy atom. The first-order chi connectivity index (χ1) is 7.41. The van der Waals surface area contributed by atoms with Gasteiger partial charge in [0.15, 0.2) is 0 Å². The molecule has 92 valence electrons. The molecule has 0 heterocycles. The second-order valence-corrected chi connectivity index (χ2v) is 18.6. The Labute approximate surface area is 108 Å². The molecular formula is C14H24BrP. The minimum atomic E-state index is -1.64. The van der Waals surface area contributed by atoms with Crippen LogP contribution >= 0.6 is 20.8 Å². The van der Waals surface area contributed by atoms with Gasteiger partial charge in [0, 0.05) is 0 Å². The molecule has 0 nitrogen and oxygen atoms in total.